The van der Waals surface area contributed by atoms with Gasteiger partial charge in [0.05, 0.1) is 32.2 Å². The second-order valence-electron chi connectivity index (χ2n) is 9.78. The van der Waals surface area contributed by atoms with E-state index >= 15 is 8.78 Å². The third-order valence-electron chi connectivity index (χ3n) is 7.27. The fraction of sp³-hybridized carbons (Fsp3) is 0.524. The number of H-pyrrole nitrogens is 1. The van der Waals surface area contributed by atoms with Gasteiger partial charge in [-0.1, -0.05) is 0 Å². The van der Waals surface area contributed by atoms with Crippen molar-refractivity contribution in [3.05, 3.63) is 35.7 Å². The van der Waals surface area contributed by atoms with Gasteiger partial charge < -0.3 is 34.9 Å². The van der Waals surface area contributed by atoms with Crippen molar-refractivity contribution >= 4 is 36.0 Å². The average molecular weight is 613 g/mol. The van der Waals surface area contributed by atoms with Gasteiger partial charge in [0.1, 0.15) is 42.4 Å². The molecular formula is C21H22F2N9O9P. The standard InChI is InChI=1S/C21H22F2N9O9P/c22-9-13-7(33)1-37-14-8(39-20(10(14)23)31-5-29-11-16(24)25-3-26-17(11)31)2-38-42(35,36)41-15(9)21(40-13)32-6-30-12-18(32)27-4-28-19(12)34/h3-10,13-15,20-21,33H,1-2H2,(H,35,36)(H2,24,25,26)(H,27,28,34). The highest BCUT2D eigenvalue weighted by Crippen LogP contribution is 2.51. The van der Waals surface area contributed by atoms with Crippen LogP contribution in [0.2, 0.25) is 0 Å². The van der Waals surface area contributed by atoms with Gasteiger partial charge in [-0.05, 0) is 0 Å². The summed E-state index contributed by atoms with van der Waals surface area (Å²) in [4.78, 5) is 44.9. The number of aromatic amines is 1. The van der Waals surface area contributed by atoms with Crippen LogP contribution >= 0.6 is 7.82 Å². The van der Waals surface area contributed by atoms with Crippen molar-refractivity contribution < 1.29 is 46.6 Å². The second kappa shape index (κ2) is 10.1. The van der Waals surface area contributed by atoms with Crippen LogP contribution in [0.25, 0.3) is 22.3 Å². The van der Waals surface area contributed by atoms with Gasteiger partial charge in [-0.3, -0.25) is 23.0 Å². The van der Waals surface area contributed by atoms with Crippen LogP contribution in [0.5, 0.6) is 0 Å². The number of hydrogen-bond donors (Lipinski definition) is 4. The number of alkyl halides is 2. The molecule has 224 valence electrons. The molecule has 3 saturated heterocycles. The number of ether oxygens (including phenoxy) is 3. The molecule has 0 aromatic carbocycles. The number of phosphoric acid groups is 1. The molecule has 4 aromatic heterocycles. The summed E-state index contributed by atoms with van der Waals surface area (Å²) in [6.45, 7) is -1.35. The number of aromatic nitrogens is 8. The Kier molecular flexibility index (Phi) is 6.55. The van der Waals surface area contributed by atoms with Gasteiger partial charge >= 0.3 is 7.82 Å². The number of aliphatic hydroxyl groups is 1. The number of phosphoric ester groups is 1. The smallest absolute Gasteiger partial charge is 0.388 e. The van der Waals surface area contributed by atoms with Crippen LogP contribution in [0, 0.1) is 0 Å². The SMILES string of the molecule is Nc1ncnc2c1ncn2C1OC2COP(=O)(O)OC3C(F)C(OC3n3cnc4c(=O)[nH]cnc43)C(O)COC2C1F. The number of rotatable bonds is 2. The Morgan fingerprint density at radius 1 is 0.952 bits per heavy atom. The first-order chi connectivity index (χ1) is 20.1. The summed E-state index contributed by atoms with van der Waals surface area (Å²) in [5, 5.41) is 10.9. The van der Waals surface area contributed by atoms with E-state index < -0.39 is 81.9 Å². The van der Waals surface area contributed by atoms with Crippen LogP contribution in [0.3, 0.4) is 0 Å². The van der Waals surface area contributed by atoms with E-state index in [1.807, 2.05) is 0 Å². The van der Waals surface area contributed by atoms with Gasteiger partial charge in [0.15, 0.2) is 47.4 Å². The minimum atomic E-state index is -5.08. The molecule has 10 atom stereocenters. The molecule has 3 fully saturated rings. The molecule has 21 heteroatoms. The van der Waals surface area contributed by atoms with Gasteiger partial charge in [-0.2, -0.15) is 0 Å². The molecule has 0 spiro atoms. The lowest BCUT2D eigenvalue weighted by atomic mass is 10.1. The van der Waals surface area contributed by atoms with Crippen LogP contribution in [-0.4, -0.2) is 105 Å². The molecule has 5 N–H and O–H groups in total. The predicted octanol–water partition coefficient (Wildman–Crippen LogP) is -0.725. The summed E-state index contributed by atoms with van der Waals surface area (Å²) in [6, 6.07) is 0. The molecule has 10 unspecified atom stereocenters. The molecule has 7 rings (SSSR count). The Hall–Kier alpha value is -3.49. The van der Waals surface area contributed by atoms with Gasteiger partial charge in [0.2, 0.25) is 0 Å². The van der Waals surface area contributed by atoms with Crippen molar-refractivity contribution in [3.63, 3.8) is 0 Å². The summed E-state index contributed by atoms with van der Waals surface area (Å²) in [6.07, 6.45) is -10.4. The van der Waals surface area contributed by atoms with E-state index in [4.69, 9.17) is 29.0 Å². The average Bonchev–Trinajstić information content (AvgIpc) is 3.71. The summed E-state index contributed by atoms with van der Waals surface area (Å²) in [5.74, 6) is 0.0557. The Morgan fingerprint density at radius 3 is 2.50 bits per heavy atom. The monoisotopic (exact) mass is 613 g/mol. The highest BCUT2D eigenvalue weighted by atomic mass is 31.2. The maximum atomic E-state index is 15.8. The summed E-state index contributed by atoms with van der Waals surface area (Å²) in [5.41, 5.74) is 5.42. The van der Waals surface area contributed by atoms with Crippen molar-refractivity contribution in [1.29, 1.82) is 0 Å². The molecule has 2 bridgehead atoms. The number of nitrogens with one attached hydrogen (secondary N) is 1. The largest absolute Gasteiger partial charge is 0.472 e. The normalized spacial score (nSPS) is 37.5. The lowest BCUT2D eigenvalue weighted by Crippen LogP contribution is -2.43. The molecule has 42 heavy (non-hydrogen) atoms. The van der Waals surface area contributed by atoms with E-state index in [1.54, 1.807) is 0 Å². The van der Waals surface area contributed by atoms with Gasteiger partial charge in [0.25, 0.3) is 5.56 Å². The van der Waals surface area contributed by atoms with Crippen LogP contribution < -0.4 is 11.3 Å². The van der Waals surface area contributed by atoms with Crippen molar-refractivity contribution in [2.24, 2.45) is 0 Å². The molecule has 0 saturated carbocycles. The number of anilines is 1. The zero-order valence-electron chi connectivity index (χ0n) is 21.1. The summed E-state index contributed by atoms with van der Waals surface area (Å²) in [7, 11) is -5.08. The summed E-state index contributed by atoms with van der Waals surface area (Å²) >= 11 is 0. The van der Waals surface area contributed by atoms with E-state index in [0.717, 1.165) is 23.5 Å². The van der Waals surface area contributed by atoms with Crippen molar-refractivity contribution in [2.45, 2.75) is 55.3 Å². The van der Waals surface area contributed by atoms with Gasteiger partial charge in [-0.15, -0.1) is 0 Å². The molecule has 18 nitrogen and oxygen atoms in total. The highest BCUT2D eigenvalue weighted by molar-refractivity contribution is 7.47. The number of nitrogen functional groups attached to an aromatic ring is 1. The first kappa shape index (κ1) is 27.3. The van der Waals surface area contributed by atoms with E-state index in [0.29, 0.717) is 0 Å². The summed E-state index contributed by atoms with van der Waals surface area (Å²) < 4.78 is 74.4. The molecule has 0 radical (unpaired) electrons. The predicted molar refractivity (Wildman–Crippen MR) is 132 cm³/mol. The van der Waals surface area contributed by atoms with E-state index in [-0.39, 0.29) is 28.1 Å². The quantitative estimate of drug-likeness (QED) is 0.204. The third-order valence-corrected chi connectivity index (χ3v) is 8.25. The number of halogens is 2. The van der Waals surface area contributed by atoms with Crippen molar-refractivity contribution in [1.82, 2.24) is 39.0 Å². The molecule has 7 heterocycles. The van der Waals surface area contributed by atoms with Crippen LogP contribution in [0.4, 0.5) is 14.6 Å². The van der Waals surface area contributed by atoms with E-state index in [2.05, 4.69) is 29.9 Å². The Labute approximate surface area is 232 Å². The molecule has 3 aliphatic rings. The van der Waals surface area contributed by atoms with Crippen molar-refractivity contribution in [3.8, 4) is 0 Å². The number of aliphatic hydroxyl groups excluding tert-OH is 1. The number of hydrogen-bond acceptors (Lipinski definition) is 14. The minimum absolute atomic E-state index is 0.0396. The Balaban J connectivity index is 1.19. The fourth-order valence-electron chi connectivity index (χ4n) is 5.31. The maximum Gasteiger partial charge on any atom is 0.472 e. The number of nitrogens with zero attached hydrogens (tertiary/aromatic N) is 7. The van der Waals surface area contributed by atoms with Gasteiger partial charge in [-0.25, -0.2) is 38.3 Å². The van der Waals surface area contributed by atoms with E-state index in [1.165, 1.54) is 10.9 Å². The second-order valence-corrected chi connectivity index (χ2v) is 11.2. The van der Waals surface area contributed by atoms with Crippen LogP contribution in [0.15, 0.2) is 30.1 Å². The number of fused-ring (bicyclic) bond motifs is 5. The van der Waals surface area contributed by atoms with Crippen LogP contribution in [0.1, 0.15) is 12.5 Å². The van der Waals surface area contributed by atoms with Gasteiger partial charge in [0, 0.05) is 0 Å². The molecular weight excluding hydrogens is 591 g/mol. The van der Waals surface area contributed by atoms with Crippen molar-refractivity contribution in [2.75, 3.05) is 18.9 Å². The molecule has 0 aliphatic carbocycles. The Bertz CT molecular complexity index is 1750. The Morgan fingerprint density at radius 2 is 1.69 bits per heavy atom. The zero-order chi connectivity index (χ0) is 29.3. The molecule has 0 amide bonds. The fourth-order valence-corrected chi connectivity index (χ4v) is 6.23. The van der Waals surface area contributed by atoms with E-state index in [9.17, 15) is 19.4 Å². The maximum absolute atomic E-state index is 15.8. The molecule has 4 aromatic rings. The highest BCUT2D eigenvalue weighted by Gasteiger charge is 2.55. The lowest BCUT2D eigenvalue weighted by molar-refractivity contribution is -0.120. The lowest BCUT2D eigenvalue weighted by Gasteiger charge is -2.26. The topological polar surface area (TPSA) is 237 Å². The number of imidazole rings is 2. The first-order valence-electron chi connectivity index (χ1n) is 12.5. The zero-order valence-corrected chi connectivity index (χ0v) is 22.0. The van der Waals surface area contributed by atoms with Crippen LogP contribution in [-0.2, 0) is 27.8 Å². The third kappa shape index (κ3) is 4.38. The molecule has 3 aliphatic heterocycles. The minimum Gasteiger partial charge on any atom is -0.388 e. The number of nitrogens with two attached hydrogens (primary N) is 1. The first-order valence-corrected chi connectivity index (χ1v) is 14.0.